The molecule has 0 unspecified atom stereocenters. The van der Waals surface area contributed by atoms with Crippen molar-refractivity contribution < 1.29 is 4.39 Å². The largest absolute Gasteiger partial charge is 0.330 e. The first-order valence-corrected chi connectivity index (χ1v) is 8.03. The highest BCUT2D eigenvalue weighted by molar-refractivity contribution is 6.05. The van der Waals surface area contributed by atoms with E-state index in [-0.39, 0.29) is 5.82 Å². The fourth-order valence-corrected chi connectivity index (χ4v) is 3.11. The normalized spacial score (nSPS) is 12.0. The van der Waals surface area contributed by atoms with Crippen LogP contribution in [0.5, 0.6) is 0 Å². The smallest absolute Gasteiger partial charge is 0.142 e. The second-order valence-electron chi connectivity index (χ2n) is 6.49. The van der Waals surface area contributed by atoms with Crippen molar-refractivity contribution in [3.05, 3.63) is 48.0 Å². The van der Waals surface area contributed by atoms with Crippen LogP contribution in [0.1, 0.15) is 5.69 Å². The molecular formula is C19H19FN4. The third-order valence-electron chi connectivity index (χ3n) is 4.35. The van der Waals surface area contributed by atoms with Crippen LogP contribution < -0.4 is 0 Å². The molecule has 4 rings (SSSR count). The molecule has 0 radical (unpaired) electrons. The van der Waals surface area contributed by atoms with E-state index in [1.807, 2.05) is 13.0 Å². The number of benzene rings is 1. The Morgan fingerprint density at radius 1 is 1.08 bits per heavy atom. The summed E-state index contributed by atoms with van der Waals surface area (Å²) in [6.07, 6.45) is 2.06. The van der Waals surface area contributed by atoms with E-state index in [2.05, 4.69) is 35.8 Å². The van der Waals surface area contributed by atoms with Crippen LogP contribution in [0.4, 0.5) is 4.39 Å². The summed E-state index contributed by atoms with van der Waals surface area (Å²) in [4.78, 5) is 11.6. The highest BCUT2D eigenvalue weighted by atomic mass is 19.1. The van der Waals surface area contributed by atoms with Crippen LogP contribution in [-0.4, -0.2) is 40.1 Å². The Labute approximate surface area is 139 Å². The Hall–Kier alpha value is -2.53. The molecule has 0 amide bonds. The van der Waals surface area contributed by atoms with Gasteiger partial charge in [-0.15, -0.1) is 0 Å². The lowest BCUT2D eigenvalue weighted by Gasteiger charge is -2.16. The average molecular weight is 322 g/mol. The summed E-state index contributed by atoms with van der Waals surface area (Å²) >= 11 is 0. The maximum atomic E-state index is 13.7. The van der Waals surface area contributed by atoms with Crippen molar-refractivity contribution in [2.45, 2.75) is 13.5 Å². The molecule has 0 spiro atoms. The van der Waals surface area contributed by atoms with E-state index >= 15 is 0 Å². The van der Waals surface area contributed by atoms with Crippen LogP contribution in [0.15, 0.2) is 36.5 Å². The van der Waals surface area contributed by atoms with Gasteiger partial charge in [-0.25, -0.2) is 14.4 Å². The molecule has 1 aromatic carbocycles. The van der Waals surface area contributed by atoms with E-state index in [4.69, 9.17) is 9.97 Å². The van der Waals surface area contributed by atoms with Crippen molar-refractivity contribution in [3.8, 4) is 11.3 Å². The Balaban J connectivity index is 2.05. The highest BCUT2D eigenvalue weighted by Crippen LogP contribution is 2.36. The Bertz CT molecular complexity index is 1020. The van der Waals surface area contributed by atoms with E-state index in [9.17, 15) is 4.39 Å². The van der Waals surface area contributed by atoms with Crippen molar-refractivity contribution >= 4 is 21.9 Å². The van der Waals surface area contributed by atoms with Gasteiger partial charge in [-0.3, -0.25) is 0 Å². The number of hydrogen-bond acceptors (Lipinski definition) is 3. The van der Waals surface area contributed by atoms with Gasteiger partial charge in [0, 0.05) is 41.3 Å². The zero-order chi connectivity index (χ0) is 16.8. The zero-order valence-corrected chi connectivity index (χ0v) is 14.0. The quantitative estimate of drug-likeness (QED) is 0.577. The maximum absolute atomic E-state index is 13.7. The molecule has 4 nitrogen and oxygen atoms in total. The van der Waals surface area contributed by atoms with Crippen LogP contribution in [0.3, 0.4) is 0 Å². The van der Waals surface area contributed by atoms with Crippen LogP contribution >= 0.6 is 0 Å². The molecule has 3 heterocycles. The first kappa shape index (κ1) is 15.0. The van der Waals surface area contributed by atoms with Crippen molar-refractivity contribution in [1.82, 2.24) is 19.4 Å². The summed E-state index contributed by atoms with van der Waals surface area (Å²) in [5, 5.41) is 1.86. The standard InChI is InChI=1S/C19H19FN4/c1-12-4-6-14-18-16(15-10-13(20)5-7-17(15)22-18)11-24(19(14)21-12)9-8-23(2)3/h4-7,10-11H,8-9H2,1-3H3. The summed E-state index contributed by atoms with van der Waals surface area (Å²) in [5.41, 5.74) is 4.58. The Kier molecular flexibility index (Phi) is 3.46. The number of aromatic nitrogens is 3. The molecule has 5 heteroatoms. The molecule has 122 valence electrons. The molecule has 2 aliphatic rings. The maximum Gasteiger partial charge on any atom is 0.142 e. The molecule has 24 heavy (non-hydrogen) atoms. The predicted molar refractivity (Wildman–Crippen MR) is 94.9 cm³/mol. The average Bonchev–Trinajstić information content (AvgIpc) is 2.90. The Morgan fingerprint density at radius 3 is 2.71 bits per heavy atom. The summed E-state index contributed by atoms with van der Waals surface area (Å²) in [7, 11) is 4.10. The fraction of sp³-hybridized carbons (Fsp3) is 0.263. The summed E-state index contributed by atoms with van der Waals surface area (Å²) < 4.78 is 15.9. The minimum Gasteiger partial charge on any atom is -0.330 e. The van der Waals surface area contributed by atoms with Gasteiger partial charge in [-0.05, 0) is 51.4 Å². The summed E-state index contributed by atoms with van der Waals surface area (Å²) in [5.74, 6) is -0.237. The van der Waals surface area contributed by atoms with Gasteiger partial charge in [0.1, 0.15) is 11.5 Å². The van der Waals surface area contributed by atoms with Crippen molar-refractivity contribution in [2.75, 3.05) is 20.6 Å². The molecule has 0 atom stereocenters. The molecule has 0 aliphatic carbocycles. The molecule has 2 aliphatic heterocycles. The molecule has 2 aromatic rings. The van der Waals surface area contributed by atoms with Crippen molar-refractivity contribution in [2.24, 2.45) is 0 Å². The number of halogens is 1. The van der Waals surface area contributed by atoms with Gasteiger partial charge in [-0.2, -0.15) is 0 Å². The first-order valence-electron chi connectivity index (χ1n) is 8.03. The number of fused-ring (bicyclic) bond motifs is 5. The van der Waals surface area contributed by atoms with E-state index < -0.39 is 0 Å². The predicted octanol–water partition coefficient (Wildman–Crippen LogP) is 3.70. The van der Waals surface area contributed by atoms with Gasteiger partial charge in [0.05, 0.1) is 11.2 Å². The number of likely N-dealkylation sites (N-methyl/N-ethyl adjacent to an activating group) is 1. The molecule has 0 saturated heterocycles. The second-order valence-corrected chi connectivity index (χ2v) is 6.49. The van der Waals surface area contributed by atoms with Crippen LogP contribution in [-0.2, 0) is 6.54 Å². The van der Waals surface area contributed by atoms with Gasteiger partial charge in [0.15, 0.2) is 0 Å². The van der Waals surface area contributed by atoms with Crippen molar-refractivity contribution in [3.63, 3.8) is 0 Å². The molecule has 0 fully saturated rings. The van der Waals surface area contributed by atoms with Crippen LogP contribution in [0, 0.1) is 12.7 Å². The highest BCUT2D eigenvalue weighted by Gasteiger charge is 2.18. The van der Waals surface area contributed by atoms with Gasteiger partial charge in [-0.1, -0.05) is 0 Å². The van der Waals surface area contributed by atoms with Crippen molar-refractivity contribution in [1.29, 1.82) is 0 Å². The number of nitrogens with zero attached hydrogens (tertiary/aromatic N) is 4. The monoisotopic (exact) mass is 322 g/mol. The lowest BCUT2D eigenvalue weighted by molar-refractivity contribution is 0.386. The second kappa shape index (κ2) is 5.53. The van der Waals surface area contributed by atoms with E-state index in [1.54, 1.807) is 12.1 Å². The number of pyridine rings is 2. The number of aryl methyl sites for hydroxylation is 1. The summed E-state index contributed by atoms with van der Waals surface area (Å²) in [6.45, 7) is 3.71. The fourth-order valence-electron chi connectivity index (χ4n) is 3.11. The topological polar surface area (TPSA) is 34.0 Å². The van der Waals surface area contributed by atoms with Crippen LogP contribution in [0.2, 0.25) is 0 Å². The molecule has 1 aromatic heterocycles. The van der Waals surface area contributed by atoms with Gasteiger partial charge in [0.2, 0.25) is 0 Å². The van der Waals surface area contributed by atoms with E-state index in [0.717, 1.165) is 52.0 Å². The lowest BCUT2D eigenvalue weighted by Crippen LogP contribution is -2.19. The van der Waals surface area contributed by atoms with E-state index in [1.165, 1.54) is 6.07 Å². The van der Waals surface area contributed by atoms with E-state index in [0.29, 0.717) is 0 Å². The zero-order valence-electron chi connectivity index (χ0n) is 14.0. The van der Waals surface area contributed by atoms with Gasteiger partial charge in [0.25, 0.3) is 0 Å². The minimum absolute atomic E-state index is 0.237. The lowest BCUT2D eigenvalue weighted by atomic mass is 10.1. The third kappa shape index (κ3) is 2.41. The number of rotatable bonds is 3. The minimum atomic E-state index is -0.237. The molecule has 0 saturated carbocycles. The SMILES string of the molecule is Cc1ccc2c3nc4ccc(F)cc4c-3cn(CCN(C)C)c2n1. The molecular weight excluding hydrogens is 303 g/mol. The molecule has 0 N–H and O–H groups in total. The van der Waals surface area contributed by atoms with Gasteiger partial charge >= 0.3 is 0 Å². The Morgan fingerprint density at radius 2 is 1.92 bits per heavy atom. The third-order valence-corrected chi connectivity index (χ3v) is 4.35. The van der Waals surface area contributed by atoms with Crippen LogP contribution in [0.25, 0.3) is 33.2 Å². The number of hydrogen-bond donors (Lipinski definition) is 0. The van der Waals surface area contributed by atoms with Gasteiger partial charge < -0.3 is 9.47 Å². The first-order chi connectivity index (χ1) is 11.5. The summed E-state index contributed by atoms with van der Waals surface area (Å²) in [6, 6.07) is 8.82. The molecule has 0 bridgehead atoms.